The highest BCUT2D eigenvalue weighted by molar-refractivity contribution is 5.45. The maximum Gasteiger partial charge on any atom is 0.130 e. The lowest BCUT2D eigenvalue weighted by Crippen LogP contribution is -2.35. The first-order valence-corrected chi connectivity index (χ1v) is 4.85. The fourth-order valence-corrected chi connectivity index (χ4v) is 1.67. The monoisotopic (exact) mass is 193 g/mol. The second kappa shape index (κ2) is 4.39. The number of nitrogens with zero attached hydrogens (tertiary/aromatic N) is 1. The van der Waals surface area contributed by atoms with Gasteiger partial charge in [-0.3, -0.25) is 0 Å². The van der Waals surface area contributed by atoms with Crippen molar-refractivity contribution < 1.29 is 4.74 Å². The largest absolute Gasteiger partial charge is 0.378 e. The minimum absolute atomic E-state index is 0.264. The third kappa shape index (κ3) is 1.86. The summed E-state index contributed by atoms with van der Waals surface area (Å²) in [5, 5.41) is 6.49. The van der Waals surface area contributed by atoms with Crippen molar-refractivity contribution in [1.82, 2.24) is 10.3 Å². The van der Waals surface area contributed by atoms with Gasteiger partial charge >= 0.3 is 0 Å². The van der Waals surface area contributed by atoms with Gasteiger partial charge in [0.2, 0.25) is 0 Å². The zero-order valence-corrected chi connectivity index (χ0v) is 8.29. The van der Waals surface area contributed by atoms with Gasteiger partial charge in [0, 0.05) is 25.4 Å². The first-order chi connectivity index (χ1) is 6.92. The molecule has 2 N–H and O–H groups in total. The molecule has 0 amide bonds. The molecule has 76 valence electrons. The number of ether oxygens (including phenoxy) is 1. The molecule has 0 unspecified atom stereocenters. The molecule has 14 heavy (non-hydrogen) atoms. The van der Waals surface area contributed by atoms with E-state index in [1.807, 2.05) is 13.1 Å². The molecule has 1 atom stereocenters. The van der Waals surface area contributed by atoms with Crippen molar-refractivity contribution in [1.29, 1.82) is 0 Å². The molecule has 0 saturated carbocycles. The number of hydrogen-bond acceptors (Lipinski definition) is 4. The number of morpholine rings is 1. The molecule has 4 heteroatoms. The minimum Gasteiger partial charge on any atom is -0.378 e. The fraction of sp³-hybridized carbons (Fsp3) is 0.500. The van der Waals surface area contributed by atoms with Crippen molar-refractivity contribution in [2.24, 2.45) is 0 Å². The Morgan fingerprint density at radius 1 is 1.64 bits per heavy atom. The lowest BCUT2D eigenvalue weighted by Gasteiger charge is -2.25. The van der Waals surface area contributed by atoms with Gasteiger partial charge < -0.3 is 15.4 Å². The van der Waals surface area contributed by atoms with Crippen LogP contribution in [0, 0.1) is 0 Å². The zero-order valence-electron chi connectivity index (χ0n) is 8.29. The number of aromatic nitrogens is 1. The van der Waals surface area contributed by atoms with Crippen LogP contribution >= 0.6 is 0 Å². The summed E-state index contributed by atoms with van der Waals surface area (Å²) < 4.78 is 5.42. The van der Waals surface area contributed by atoms with Gasteiger partial charge in [0.1, 0.15) is 5.82 Å². The molecule has 2 rings (SSSR count). The van der Waals surface area contributed by atoms with E-state index in [0.29, 0.717) is 0 Å². The maximum atomic E-state index is 5.42. The smallest absolute Gasteiger partial charge is 0.130 e. The van der Waals surface area contributed by atoms with Crippen molar-refractivity contribution in [2.45, 2.75) is 6.04 Å². The van der Waals surface area contributed by atoms with Gasteiger partial charge in [0.05, 0.1) is 19.3 Å². The number of nitrogens with one attached hydrogen (secondary N) is 2. The number of pyridine rings is 1. The molecule has 1 saturated heterocycles. The van der Waals surface area contributed by atoms with E-state index in [1.54, 1.807) is 6.20 Å². The standard InChI is InChI=1S/C10H15N3O/c1-11-10-8(3-2-4-13-10)9-7-14-6-5-12-9/h2-4,9,12H,5-7H2,1H3,(H,11,13)/t9-/m0/s1. The van der Waals surface area contributed by atoms with Crippen LogP contribution in [0.3, 0.4) is 0 Å². The van der Waals surface area contributed by atoms with E-state index in [-0.39, 0.29) is 6.04 Å². The topological polar surface area (TPSA) is 46.2 Å². The summed E-state index contributed by atoms with van der Waals surface area (Å²) >= 11 is 0. The van der Waals surface area contributed by atoms with Crippen LogP contribution in [0.1, 0.15) is 11.6 Å². The molecule has 1 aromatic rings. The van der Waals surface area contributed by atoms with Crippen LogP contribution < -0.4 is 10.6 Å². The summed E-state index contributed by atoms with van der Waals surface area (Å²) in [5.41, 5.74) is 1.18. The van der Waals surface area contributed by atoms with E-state index in [1.165, 1.54) is 5.56 Å². The van der Waals surface area contributed by atoms with Gasteiger partial charge in [-0.1, -0.05) is 6.07 Å². The van der Waals surface area contributed by atoms with Gasteiger partial charge in [-0.15, -0.1) is 0 Å². The van der Waals surface area contributed by atoms with Crippen molar-refractivity contribution in [3.8, 4) is 0 Å². The Hall–Kier alpha value is -1.13. The number of hydrogen-bond donors (Lipinski definition) is 2. The van der Waals surface area contributed by atoms with E-state index < -0.39 is 0 Å². The molecule has 1 aliphatic heterocycles. The molecule has 1 fully saturated rings. The average molecular weight is 193 g/mol. The third-order valence-electron chi connectivity index (χ3n) is 2.37. The highest BCUT2D eigenvalue weighted by atomic mass is 16.5. The molecule has 0 radical (unpaired) electrons. The van der Waals surface area contributed by atoms with Crippen molar-refractivity contribution in [3.63, 3.8) is 0 Å². The van der Waals surface area contributed by atoms with E-state index in [0.717, 1.165) is 25.6 Å². The molecule has 2 heterocycles. The summed E-state index contributed by atoms with van der Waals surface area (Å²) in [5.74, 6) is 0.926. The Morgan fingerprint density at radius 2 is 2.57 bits per heavy atom. The molecular formula is C10H15N3O. The lowest BCUT2D eigenvalue weighted by atomic mass is 10.1. The molecule has 0 aromatic carbocycles. The second-order valence-corrected chi connectivity index (χ2v) is 3.27. The van der Waals surface area contributed by atoms with Crippen LogP contribution in [0.4, 0.5) is 5.82 Å². The Labute approximate surface area is 83.7 Å². The van der Waals surface area contributed by atoms with Crippen LogP contribution in [0.25, 0.3) is 0 Å². The highest BCUT2D eigenvalue weighted by Gasteiger charge is 2.17. The predicted octanol–water partition coefficient (Wildman–Crippen LogP) is 0.784. The van der Waals surface area contributed by atoms with Crippen molar-refractivity contribution >= 4 is 5.82 Å². The highest BCUT2D eigenvalue weighted by Crippen LogP contribution is 2.21. The first-order valence-electron chi connectivity index (χ1n) is 4.85. The SMILES string of the molecule is CNc1ncccc1[C@@H]1COCCN1. The zero-order chi connectivity index (χ0) is 9.80. The van der Waals surface area contributed by atoms with Gasteiger partial charge in [-0.25, -0.2) is 4.98 Å². The number of anilines is 1. The molecule has 1 aromatic heterocycles. The van der Waals surface area contributed by atoms with Crippen LogP contribution in [0.2, 0.25) is 0 Å². The number of rotatable bonds is 2. The van der Waals surface area contributed by atoms with Gasteiger partial charge in [-0.2, -0.15) is 0 Å². The molecule has 1 aliphatic rings. The van der Waals surface area contributed by atoms with Crippen LogP contribution in [0.15, 0.2) is 18.3 Å². The summed E-state index contributed by atoms with van der Waals surface area (Å²) in [4.78, 5) is 4.27. The second-order valence-electron chi connectivity index (χ2n) is 3.27. The van der Waals surface area contributed by atoms with E-state index >= 15 is 0 Å². The van der Waals surface area contributed by atoms with Gasteiger partial charge in [0.25, 0.3) is 0 Å². The summed E-state index contributed by atoms with van der Waals surface area (Å²) in [7, 11) is 1.88. The van der Waals surface area contributed by atoms with Gasteiger partial charge in [0.15, 0.2) is 0 Å². The van der Waals surface area contributed by atoms with Crippen LogP contribution in [0.5, 0.6) is 0 Å². The van der Waals surface area contributed by atoms with Crippen LogP contribution in [-0.2, 0) is 4.74 Å². The summed E-state index contributed by atoms with van der Waals surface area (Å²) in [6, 6.07) is 4.29. The first kappa shape index (κ1) is 9.43. The lowest BCUT2D eigenvalue weighted by molar-refractivity contribution is 0.0770. The Kier molecular flexibility index (Phi) is 2.96. The normalized spacial score (nSPS) is 21.9. The molecule has 0 aliphatic carbocycles. The molecule has 4 nitrogen and oxygen atoms in total. The third-order valence-corrected chi connectivity index (χ3v) is 2.37. The molecule has 0 bridgehead atoms. The van der Waals surface area contributed by atoms with Crippen LogP contribution in [-0.4, -0.2) is 31.8 Å². The Bertz CT molecular complexity index is 297. The maximum absolute atomic E-state index is 5.42. The van der Waals surface area contributed by atoms with Gasteiger partial charge in [-0.05, 0) is 6.07 Å². The predicted molar refractivity (Wildman–Crippen MR) is 55.3 cm³/mol. The Balaban J connectivity index is 2.20. The summed E-state index contributed by atoms with van der Waals surface area (Å²) in [6.45, 7) is 2.43. The fourth-order valence-electron chi connectivity index (χ4n) is 1.67. The van der Waals surface area contributed by atoms with E-state index in [2.05, 4.69) is 21.7 Å². The van der Waals surface area contributed by atoms with E-state index in [4.69, 9.17) is 4.74 Å². The van der Waals surface area contributed by atoms with Crippen molar-refractivity contribution in [3.05, 3.63) is 23.9 Å². The van der Waals surface area contributed by atoms with E-state index in [9.17, 15) is 0 Å². The molecular weight excluding hydrogens is 178 g/mol. The Morgan fingerprint density at radius 3 is 3.29 bits per heavy atom. The molecule has 0 spiro atoms. The van der Waals surface area contributed by atoms with Crippen molar-refractivity contribution in [2.75, 3.05) is 32.1 Å². The average Bonchev–Trinajstić information content (AvgIpc) is 2.30. The minimum atomic E-state index is 0.264. The summed E-state index contributed by atoms with van der Waals surface area (Å²) in [6.07, 6.45) is 1.79. The quantitative estimate of drug-likeness (QED) is 0.728.